The predicted octanol–water partition coefficient (Wildman–Crippen LogP) is 23.3. The largest absolute Gasteiger partial charge is 0.472 e. The Bertz CT molecular complexity index is 1950. The Morgan fingerprint density at radius 3 is 0.776 bits per heavy atom. The Hall–Kier alpha value is -2.46. The van der Waals surface area contributed by atoms with E-state index in [1.54, 1.807) is 0 Å². The Kier molecular flexibility index (Phi) is 71.0. The second-order valence-electron chi connectivity index (χ2n) is 27.7. The lowest BCUT2D eigenvalue weighted by atomic mass is 10.0. The molecule has 0 aromatic rings. The average Bonchev–Trinajstić information content (AvgIpc) is 1.04. The molecule has 0 heterocycles. The molecule has 0 rings (SSSR count). The minimum absolute atomic E-state index is 0.102. The molecule has 0 radical (unpaired) electrons. The van der Waals surface area contributed by atoms with Crippen LogP contribution in [0.2, 0.25) is 0 Å². The number of carbonyl (C=O) groups is 4. The van der Waals surface area contributed by atoms with Gasteiger partial charge >= 0.3 is 39.5 Å². The number of esters is 4. The van der Waals surface area contributed by atoms with Crippen LogP contribution in [0, 0.1) is 0 Å². The van der Waals surface area contributed by atoms with Crippen LogP contribution in [-0.2, 0) is 65.4 Å². The molecule has 578 valence electrons. The van der Waals surface area contributed by atoms with Crippen molar-refractivity contribution in [2.75, 3.05) is 39.6 Å². The zero-order chi connectivity index (χ0) is 71.8. The first-order chi connectivity index (χ1) is 47.7. The lowest BCUT2D eigenvalue weighted by Gasteiger charge is -2.21. The normalized spacial score (nSPS) is 14.0. The smallest absolute Gasteiger partial charge is 0.462 e. The van der Waals surface area contributed by atoms with Gasteiger partial charge in [0.1, 0.15) is 19.3 Å². The highest BCUT2D eigenvalue weighted by atomic mass is 31.2. The molecule has 5 atom stereocenters. The maximum absolute atomic E-state index is 13.1. The van der Waals surface area contributed by atoms with E-state index < -0.39 is 97.5 Å². The van der Waals surface area contributed by atoms with E-state index in [2.05, 4.69) is 52.0 Å². The molecule has 0 saturated heterocycles. The molecule has 17 nitrogen and oxygen atoms in total. The third kappa shape index (κ3) is 71.9. The molecule has 3 N–H and O–H groups in total. The van der Waals surface area contributed by atoms with E-state index in [1.807, 2.05) is 0 Å². The molecule has 0 aromatic carbocycles. The fraction of sp³-hybridized carbons (Fsp3) is 0.899. The molecule has 0 aliphatic heterocycles. The van der Waals surface area contributed by atoms with Gasteiger partial charge in [-0.2, -0.15) is 0 Å². The molecule has 0 aliphatic carbocycles. The van der Waals surface area contributed by atoms with Crippen molar-refractivity contribution in [3.8, 4) is 0 Å². The third-order valence-corrected chi connectivity index (χ3v) is 19.9. The third-order valence-electron chi connectivity index (χ3n) is 17.9. The number of phosphoric ester groups is 2. The second kappa shape index (κ2) is 72.9. The minimum atomic E-state index is -4.97. The predicted molar refractivity (Wildman–Crippen MR) is 400 cm³/mol. The van der Waals surface area contributed by atoms with Crippen LogP contribution in [0.3, 0.4) is 0 Å². The summed E-state index contributed by atoms with van der Waals surface area (Å²) in [5.74, 6) is -2.13. The summed E-state index contributed by atoms with van der Waals surface area (Å²) >= 11 is 0. The summed E-state index contributed by atoms with van der Waals surface area (Å²) < 4.78 is 68.6. The van der Waals surface area contributed by atoms with Crippen LogP contribution in [-0.4, -0.2) is 96.7 Å². The Balaban J connectivity index is 5.30. The van der Waals surface area contributed by atoms with Crippen molar-refractivity contribution in [2.24, 2.45) is 0 Å². The lowest BCUT2D eigenvalue weighted by Crippen LogP contribution is -2.30. The highest BCUT2D eigenvalue weighted by Crippen LogP contribution is 2.45. The first kappa shape index (κ1) is 95.5. The van der Waals surface area contributed by atoms with E-state index in [1.165, 1.54) is 205 Å². The minimum Gasteiger partial charge on any atom is -0.462 e. The SMILES string of the molecule is CCCCC/C=C\C/C=C\CCCCCCCC(=O)OC[C@H](COP(=O)(O)OC[C@@H](O)COP(=O)(O)OC[C@@H](COC(=O)CCCCCCCCCCCCCCC)OC(=O)CCCCCCCCCCCCCCCCC)OC(=O)CCCCCCCCCCCCCCCCC. The molecule has 0 saturated carbocycles. The van der Waals surface area contributed by atoms with Crippen LogP contribution in [0.15, 0.2) is 24.3 Å². The van der Waals surface area contributed by atoms with Gasteiger partial charge in [0.2, 0.25) is 0 Å². The van der Waals surface area contributed by atoms with Crippen molar-refractivity contribution < 1.29 is 80.2 Å². The van der Waals surface area contributed by atoms with Crippen LogP contribution < -0.4 is 0 Å². The van der Waals surface area contributed by atoms with Gasteiger partial charge in [0, 0.05) is 25.7 Å². The molecule has 0 bridgehead atoms. The van der Waals surface area contributed by atoms with E-state index in [4.69, 9.17) is 37.0 Å². The molecule has 0 aromatic heterocycles. The number of aliphatic hydroxyl groups excluding tert-OH is 1. The standard InChI is InChI=1S/C79H150O17P2/c1-5-9-13-17-21-25-29-33-36-40-44-48-52-56-60-64-77(82)90-70-75(96-79(84)66-62-58-54-50-46-42-38-35-31-27-23-19-15-11-7-3)72-94-98(87,88)92-68-73(80)67-91-97(85,86)93-71-74(69-89-76(81)63-59-55-51-47-43-39-32-28-24-20-16-12-8-4)95-78(83)65-61-57-53-49-45-41-37-34-30-26-22-18-14-10-6-2/h21,25,33,36,73-75,80H,5-20,22-24,26-32,34-35,37-72H2,1-4H3,(H,85,86)(H,87,88)/b25-21-,36-33-/t73-,74+,75+/m0/s1. The molecule has 2 unspecified atom stereocenters. The van der Waals surface area contributed by atoms with Gasteiger partial charge in [-0.1, -0.05) is 341 Å². The summed E-state index contributed by atoms with van der Waals surface area (Å²) in [6.45, 7) is 4.95. The monoisotopic (exact) mass is 1430 g/mol. The van der Waals surface area contributed by atoms with Gasteiger partial charge in [-0.25, -0.2) is 9.13 Å². The van der Waals surface area contributed by atoms with Gasteiger partial charge in [0.15, 0.2) is 12.2 Å². The Labute approximate surface area is 599 Å². The molecule has 0 fully saturated rings. The van der Waals surface area contributed by atoms with E-state index in [0.717, 1.165) is 116 Å². The van der Waals surface area contributed by atoms with Crippen LogP contribution in [0.5, 0.6) is 0 Å². The number of hydrogen-bond acceptors (Lipinski definition) is 15. The fourth-order valence-electron chi connectivity index (χ4n) is 11.7. The van der Waals surface area contributed by atoms with Gasteiger partial charge in [-0.3, -0.25) is 37.3 Å². The highest BCUT2D eigenvalue weighted by Gasteiger charge is 2.30. The van der Waals surface area contributed by atoms with Gasteiger partial charge in [0.05, 0.1) is 26.4 Å². The maximum Gasteiger partial charge on any atom is 0.472 e. The number of hydrogen-bond donors (Lipinski definition) is 3. The maximum atomic E-state index is 13.1. The molecular weight excluding hydrogens is 1280 g/mol. The van der Waals surface area contributed by atoms with E-state index in [0.29, 0.717) is 25.7 Å². The van der Waals surface area contributed by atoms with Gasteiger partial charge in [0.25, 0.3) is 0 Å². The van der Waals surface area contributed by atoms with Crippen molar-refractivity contribution in [1.82, 2.24) is 0 Å². The molecule has 0 amide bonds. The molecule has 0 spiro atoms. The zero-order valence-electron chi connectivity index (χ0n) is 63.2. The van der Waals surface area contributed by atoms with Gasteiger partial charge in [-0.05, 0) is 57.8 Å². The second-order valence-corrected chi connectivity index (χ2v) is 30.6. The number of carbonyl (C=O) groups excluding carboxylic acids is 4. The van der Waals surface area contributed by atoms with Crippen LogP contribution >= 0.6 is 15.6 Å². The average molecular weight is 1430 g/mol. The van der Waals surface area contributed by atoms with Crippen LogP contribution in [0.1, 0.15) is 400 Å². The zero-order valence-corrected chi connectivity index (χ0v) is 65.0. The van der Waals surface area contributed by atoms with E-state index in [-0.39, 0.29) is 25.7 Å². The molecule has 0 aliphatic rings. The first-order valence-corrected chi connectivity index (χ1v) is 43.6. The van der Waals surface area contributed by atoms with E-state index in [9.17, 15) is 43.2 Å². The number of ether oxygens (including phenoxy) is 4. The van der Waals surface area contributed by atoms with E-state index >= 15 is 0 Å². The summed E-state index contributed by atoms with van der Waals surface area (Å²) in [5.41, 5.74) is 0. The Morgan fingerprint density at radius 2 is 0.500 bits per heavy atom. The fourth-order valence-corrected chi connectivity index (χ4v) is 13.3. The highest BCUT2D eigenvalue weighted by molar-refractivity contribution is 7.47. The molecule has 19 heteroatoms. The summed E-state index contributed by atoms with van der Waals surface area (Å²) in [5, 5.41) is 10.6. The topological polar surface area (TPSA) is 237 Å². The van der Waals surface area contributed by atoms with Crippen LogP contribution in [0.4, 0.5) is 0 Å². The quantitative estimate of drug-likeness (QED) is 0.0169. The Morgan fingerprint density at radius 1 is 0.286 bits per heavy atom. The van der Waals surface area contributed by atoms with Gasteiger partial charge < -0.3 is 33.8 Å². The van der Waals surface area contributed by atoms with Gasteiger partial charge in [-0.15, -0.1) is 0 Å². The number of aliphatic hydroxyl groups is 1. The number of rotatable bonds is 78. The van der Waals surface area contributed by atoms with Crippen molar-refractivity contribution in [2.45, 2.75) is 418 Å². The summed E-state index contributed by atoms with van der Waals surface area (Å²) in [7, 11) is -9.93. The number of phosphoric acid groups is 2. The number of unbranched alkanes of at least 4 members (excludes halogenated alkanes) is 48. The number of allylic oxidation sites excluding steroid dienone is 4. The summed E-state index contributed by atoms with van der Waals surface area (Å²) in [6, 6.07) is 0. The molecule has 98 heavy (non-hydrogen) atoms. The summed E-state index contributed by atoms with van der Waals surface area (Å²) in [4.78, 5) is 73.0. The van der Waals surface area contributed by atoms with Crippen molar-refractivity contribution in [3.63, 3.8) is 0 Å². The lowest BCUT2D eigenvalue weighted by molar-refractivity contribution is -0.161. The first-order valence-electron chi connectivity index (χ1n) is 40.6. The molecular formula is C79H150O17P2. The summed E-state index contributed by atoms with van der Waals surface area (Å²) in [6.07, 6.45) is 67.1. The van der Waals surface area contributed by atoms with Crippen LogP contribution in [0.25, 0.3) is 0 Å². The van der Waals surface area contributed by atoms with Crippen molar-refractivity contribution in [3.05, 3.63) is 24.3 Å². The van der Waals surface area contributed by atoms with Crippen molar-refractivity contribution in [1.29, 1.82) is 0 Å². The van der Waals surface area contributed by atoms with Crippen molar-refractivity contribution >= 4 is 39.5 Å².